The number of alkyl halides is 1. The first kappa shape index (κ1) is 11.2. The van der Waals surface area contributed by atoms with Crippen LogP contribution in [0.25, 0.3) is 22.4 Å². The molecule has 0 bridgehead atoms. The van der Waals surface area contributed by atoms with Crippen molar-refractivity contribution >= 4 is 22.5 Å². The molecule has 0 amide bonds. The lowest BCUT2D eigenvalue weighted by Gasteiger charge is -2.01. The van der Waals surface area contributed by atoms with Crippen LogP contribution in [-0.4, -0.2) is 15.2 Å². The highest BCUT2D eigenvalue weighted by molar-refractivity contribution is 6.20. The molecule has 0 saturated heterocycles. The van der Waals surface area contributed by atoms with Gasteiger partial charge in [0.15, 0.2) is 0 Å². The summed E-state index contributed by atoms with van der Waals surface area (Å²) in [6.45, 7) is 1.80. The number of rotatable bonds is 2. The van der Waals surface area contributed by atoms with Crippen molar-refractivity contribution in [2.24, 2.45) is 0 Å². The number of para-hydroxylation sites is 1. The number of nitrogens with zero attached hydrogens (tertiary/aromatic N) is 3. The van der Waals surface area contributed by atoms with E-state index < -0.39 is 0 Å². The van der Waals surface area contributed by atoms with Gasteiger partial charge in [0.05, 0.1) is 5.52 Å². The Bertz CT molecular complexity index is 688. The smallest absolute Gasteiger partial charge is 0.248 e. The standard InChI is InChI=1S/C13H10ClN3O/c1-8(14)12-16-17-13(18-12)10-6-7-15-11-5-3-2-4-9(10)11/h2-8H,1H3. The van der Waals surface area contributed by atoms with Crippen LogP contribution in [0.15, 0.2) is 40.9 Å². The molecule has 3 aromatic rings. The summed E-state index contributed by atoms with van der Waals surface area (Å²) < 4.78 is 5.56. The number of pyridine rings is 1. The second-order valence-corrected chi connectivity index (χ2v) is 4.59. The molecule has 5 heteroatoms. The van der Waals surface area contributed by atoms with Crippen LogP contribution in [0, 0.1) is 0 Å². The van der Waals surface area contributed by atoms with Gasteiger partial charge in [-0.3, -0.25) is 4.98 Å². The Balaban J connectivity index is 2.18. The first-order valence-electron chi connectivity index (χ1n) is 5.57. The highest BCUT2D eigenvalue weighted by atomic mass is 35.5. The summed E-state index contributed by atoms with van der Waals surface area (Å²) in [5.74, 6) is 0.892. The Hall–Kier alpha value is -1.94. The highest BCUT2D eigenvalue weighted by Crippen LogP contribution is 2.28. The van der Waals surface area contributed by atoms with Crippen LogP contribution in [0.5, 0.6) is 0 Å². The SMILES string of the molecule is CC(Cl)c1nnc(-c2ccnc3ccccc23)o1. The van der Waals surface area contributed by atoms with Gasteiger partial charge in [-0.05, 0) is 19.1 Å². The molecule has 0 spiro atoms. The summed E-state index contributed by atoms with van der Waals surface area (Å²) >= 11 is 5.91. The molecule has 2 heterocycles. The molecular formula is C13H10ClN3O. The number of hydrogen-bond donors (Lipinski definition) is 0. The molecule has 0 saturated carbocycles. The molecule has 0 fully saturated rings. The molecule has 90 valence electrons. The first-order valence-corrected chi connectivity index (χ1v) is 6.01. The molecule has 1 atom stereocenters. The molecule has 0 aliphatic rings. The van der Waals surface area contributed by atoms with E-state index in [4.69, 9.17) is 16.0 Å². The molecule has 0 aliphatic heterocycles. The predicted octanol–water partition coefficient (Wildman–Crippen LogP) is 3.58. The van der Waals surface area contributed by atoms with Gasteiger partial charge < -0.3 is 4.42 Å². The fourth-order valence-corrected chi connectivity index (χ4v) is 1.87. The van der Waals surface area contributed by atoms with Crippen LogP contribution in [0.3, 0.4) is 0 Å². The fourth-order valence-electron chi connectivity index (χ4n) is 1.79. The zero-order chi connectivity index (χ0) is 12.5. The Morgan fingerprint density at radius 1 is 1.17 bits per heavy atom. The number of fused-ring (bicyclic) bond motifs is 1. The minimum atomic E-state index is -0.292. The molecule has 2 aromatic heterocycles. The van der Waals surface area contributed by atoms with Crippen molar-refractivity contribution in [3.05, 3.63) is 42.4 Å². The zero-order valence-corrected chi connectivity index (χ0v) is 10.4. The summed E-state index contributed by atoms with van der Waals surface area (Å²) in [6, 6.07) is 9.68. The predicted molar refractivity (Wildman–Crippen MR) is 69.3 cm³/mol. The van der Waals surface area contributed by atoms with E-state index in [2.05, 4.69) is 15.2 Å². The second-order valence-electron chi connectivity index (χ2n) is 3.94. The Kier molecular flexibility index (Phi) is 2.72. The molecule has 1 unspecified atom stereocenters. The van der Waals surface area contributed by atoms with Crippen LogP contribution in [-0.2, 0) is 0 Å². The van der Waals surface area contributed by atoms with E-state index in [-0.39, 0.29) is 5.38 Å². The highest BCUT2D eigenvalue weighted by Gasteiger charge is 2.14. The quantitative estimate of drug-likeness (QED) is 0.660. The minimum Gasteiger partial charge on any atom is -0.419 e. The lowest BCUT2D eigenvalue weighted by Crippen LogP contribution is -1.83. The van der Waals surface area contributed by atoms with E-state index in [1.165, 1.54) is 0 Å². The minimum absolute atomic E-state index is 0.292. The van der Waals surface area contributed by atoms with E-state index in [1.54, 1.807) is 13.1 Å². The maximum absolute atomic E-state index is 5.91. The van der Waals surface area contributed by atoms with Crippen molar-refractivity contribution in [2.75, 3.05) is 0 Å². The maximum atomic E-state index is 5.91. The van der Waals surface area contributed by atoms with Crippen LogP contribution < -0.4 is 0 Å². The zero-order valence-electron chi connectivity index (χ0n) is 9.67. The average Bonchev–Trinajstić information content (AvgIpc) is 2.87. The number of aromatic nitrogens is 3. The van der Waals surface area contributed by atoms with Crippen molar-refractivity contribution in [3.63, 3.8) is 0 Å². The van der Waals surface area contributed by atoms with Crippen molar-refractivity contribution in [3.8, 4) is 11.5 Å². The van der Waals surface area contributed by atoms with Crippen molar-refractivity contribution in [2.45, 2.75) is 12.3 Å². The van der Waals surface area contributed by atoms with Crippen LogP contribution in [0.2, 0.25) is 0 Å². The summed E-state index contributed by atoms with van der Waals surface area (Å²) in [7, 11) is 0. The fraction of sp³-hybridized carbons (Fsp3) is 0.154. The molecule has 0 aliphatic carbocycles. The molecule has 4 nitrogen and oxygen atoms in total. The lowest BCUT2D eigenvalue weighted by atomic mass is 10.1. The molecule has 1 aromatic carbocycles. The van der Waals surface area contributed by atoms with Gasteiger partial charge in [0.2, 0.25) is 11.8 Å². The second kappa shape index (κ2) is 4.38. The van der Waals surface area contributed by atoms with E-state index in [0.717, 1.165) is 16.5 Å². The van der Waals surface area contributed by atoms with Gasteiger partial charge >= 0.3 is 0 Å². The van der Waals surface area contributed by atoms with E-state index in [9.17, 15) is 0 Å². The summed E-state index contributed by atoms with van der Waals surface area (Å²) in [5, 5.41) is 8.65. The van der Waals surface area contributed by atoms with Gasteiger partial charge in [-0.25, -0.2) is 0 Å². The van der Waals surface area contributed by atoms with Gasteiger partial charge in [0, 0.05) is 17.1 Å². The average molecular weight is 260 g/mol. The summed E-state index contributed by atoms with van der Waals surface area (Å²) in [4.78, 5) is 4.29. The van der Waals surface area contributed by atoms with Gasteiger partial charge in [0.25, 0.3) is 0 Å². The lowest BCUT2D eigenvalue weighted by molar-refractivity contribution is 0.507. The normalized spacial score (nSPS) is 12.8. The van der Waals surface area contributed by atoms with Crippen LogP contribution >= 0.6 is 11.6 Å². The van der Waals surface area contributed by atoms with Crippen molar-refractivity contribution in [1.82, 2.24) is 15.2 Å². The Morgan fingerprint density at radius 3 is 2.78 bits per heavy atom. The topological polar surface area (TPSA) is 51.8 Å². The third-order valence-electron chi connectivity index (χ3n) is 2.66. The molecule has 0 N–H and O–H groups in total. The summed E-state index contributed by atoms with van der Waals surface area (Å²) in [6.07, 6.45) is 1.73. The third kappa shape index (κ3) is 1.84. The van der Waals surface area contributed by atoms with Crippen molar-refractivity contribution in [1.29, 1.82) is 0 Å². The Morgan fingerprint density at radius 2 is 2.00 bits per heavy atom. The molecular weight excluding hydrogens is 250 g/mol. The van der Waals surface area contributed by atoms with Crippen molar-refractivity contribution < 1.29 is 4.42 Å². The maximum Gasteiger partial charge on any atom is 0.248 e. The number of halogens is 1. The van der Waals surface area contributed by atoms with Crippen LogP contribution in [0.1, 0.15) is 18.2 Å². The largest absolute Gasteiger partial charge is 0.419 e. The summed E-state index contributed by atoms with van der Waals surface area (Å²) in [5.41, 5.74) is 1.77. The molecule has 0 radical (unpaired) electrons. The number of benzene rings is 1. The van der Waals surface area contributed by atoms with Crippen LogP contribution in [0.4, 0.5) is 0 Å². The van der Waals surface area contributed by atoms with E-state index >= 15 is 0 Å². The monoisotopic (exact) mass is 259 g/mol. The van der Waals surface area contributed by atoms with Gasteiger partial charge in [-0.15, -0.1) is 21.8 Å². The van der Waals surface area contributed by atoms with Gasteiger partial charge in [-0.2, -0.15) is 0 Å². The molecule has 3 rings (SSSR count). The van der Waals surface area contributed by atoms with Gasteiger partial charge in [-0.1, -0.05) is 18.2 Å². The molecule has 18 heavy (non-hydrogen) atoms. The first-order chi connectivity index (χ1) is 8.75. The number of hydrogen-bond acceptors (Lipinski definition) is 4. The van der Waals surface area contributed by atoms with E-state index in [1.807, 2.05) is 30.3 Å². The van der Waals surface area contributed by atoms with Gasteiger partial charge in [0.1, 0.15) is 5.38 Å². The third-order valence-corrected chi connectivity index (χ3v) is 2.85. The van der Waals surface area contributed by atoms with E-state index in [0.29, 0.717) is 11.8 Å². The Labute approximate surface area is 109 Å².